The molecule has 0 aromatic heterocycles. The van der Waals surface area contributed by atoms with Gasteiger partial charge in [0.05, 0.1) is 12.7 Å². The van der Waals surface area contributed by atoms with Crippen LogP contribution in [-0.4, -0.2) is 17.3 Å². The first-order chi connectivity index (χ1) is 6.57. The van der Waals surface area contributed by atoms with E-state index in [-0.39, 0.29) is 5.75 Å². The topological polar surface area (TPSA) is 49.7 Å². The fourth-order valence-electron chi connectivity index (χ4n) is 1.56. The van der Waals surface area contributed by atoms with Crippen LogP contribution in [0.15, 0.2) is 12.1 Å². The molecule has 0 saturated heterocycles. The molecule has 0 aliphatic heterocycles. The third-order valence-corrected chi connectivity index (χ3v) is 2.81. The summed E-state index contributed by atoms with van der Waals surface area (Å²) >= 11 is 0. The number of methoxy groups -OCH3 is 1. The van der Waals surface area contributed by atoms with Crippen molar-refractivity contribution in [1.82, 2.24) is 0 Å². The molecule has 76 valence electrons. The molecule has 1 saturated carbocycles. The van der Waals surface area contributed by atoms with Gasteiger partial charge in [0.2, 0.25) is 0 Å². The van der Waals surface area contributed by atoms with Crippen LogP contribution in [0.4, 0.5) is 0 Å². The van der Waals surface area contributed by atoms with Crippen molar-refractivity contribution in [3.8, 4) is 11.5 Å². The Bertz CT molecular complexity index is 367. The van der Waals surface area contributed by atoms with Crippen molar-refractivity contribution in [2.45, 2.75) is 25.4 Å². The highest BCUT2D eigenvalue weighted by molar-refractivity contribution is 5.49. The largest absolute Gasteiger partial charge is 0.508 e. The standard InChI is InChI=1S/C11H14O3/c1-7-9(12)5-8(6-10(7)14-2)11(13)3-4-11/h5-6,12-13H,3-4H2,1-2H3. The van der Waals surface area contributed by atoms with E-state index in [0.717, 1.165) is 18.4 Å². The number of phenols is 1. The van der Waals surface area contributed by atoms with Gasteiger partial charge in [0.25, 0.3) is 0 Å². The first-order valence-electron chi connectivity index (χ1n) is 4.67. The maximum absolute atomic E-state index is 9.87. The first kappa shape index (κ1) is 9.34. The molecule has 2 N–H and O–H groups in total. The predicted molar refractivity (Wildman–Crippen MR) is 52.5 cm³/mol. The zero-order valence-corrected chi connectivity index (χ0v) is 8.37. The second kappa shape index (κ2) is 2.89. The quantitative estimate of drug-likeness (QED) is 0.753. The van der Waals surface area contributed by atoms with Gasteiger partial charge < -0.3 is 14.9 Å². The van der Waals surface area contributed by atoms with Gasteiger partial charge in [0.15, 0.2) is 0 Å². The lowest BCUT2D eigenvalue weighted by molar-refractivity contribution is 0.150. The highest BCUT2D eigenvalue weighted by Gasteiger charge is 2.42. The number of hydrogen-bond donors (Lipinski definition) is 2. The van der Waals surface area contributed by atoms with E-state index in [1.165, 1.54) is 0 Å². The van der Waals surface area contributed by atoms with Crippen LogP contribution in [0.3, 0.4) is 0 Å². The van der Waals surface area contributed by atoms with Gasteiger partial charge in [-0.2, -0.15) is 0 Å². The van der Waals surface area contributed by atoms with Crippen LogP contribution >= 0.6 is 0 Å². The Hall–Kier alpha value is -1.22. The van der Waals surface area contributed by atoms with Gasteiger partial charge in [0, 0.05) is 5.56 Å². The molecule has 3 heteroatoms. The molecule has 14 heavy (non-hydrogen) atoms. The second-order valence-electron chi connectivity index (χ2n) is 3.85. The number of rotatable bonds is 2. The molecule has 1 aromatic rings. The Labute approximate surface area is 83.0 Å². The van der Waals surface area contributed by atoms with E-state index in [9.17, 15) is 10.2 Å². The summed E-state index contributed by atoms with van der Waals surface area (Å²) < 4.78 is 5.12. The lowest BCUT2D eigenvalue weighted by atomic mass is 10.0. The van der Waals surface area contributed by atoms with E-state index in [4.69, 9.17) is 4.74 Å². The monoisotopic (exact) mass is 194 g/mol. The van der Waals surface area contributed by atoms with Gasteiger partial charge in [-0.3, -0.25) is 0 Å². The molecule has 0 spiro atoms. The molecule has 0 atom stereocenters. The molecule has 0 bridgehead atoms. The second-order valence-corrected chi connectivity index (χ2v) is 3.85. The molecule has 0 radical (unpaired) electrons. The normalized spacial score (nSPS) is 17.9. The van der Waals surface area contributed by atoms with E-state index in [2.05, 4.69) is 0 Å². The fraction of sp³-hybridized carbons (Fsp3) is 0.455. The van der Waals surface area contributed by atoms with Crippen LogP contribution in [0, 0.1) is 6.92 Å². The highest BCUT2D eigenvalue weighted by Crippen LogP contribution is 2.47. The van der Waals surface area contributed by atoms with E-state index < -0.39 is 5.60 Å². The fourth-order valence-corrected chi connectivity index (χ4v) is 1.56. The smallest absolute Gasteiger partial charge is 0.125 e. The third kappa shape index (κ3) is 1.34. The van der Waals surface area contributed by atoms with Crippen molar-refractivity contribution in [3.05, 3.63) is 23.3 Å². The van der Waals surface area contributed by atoms with Gasteiger partial charge in [-0.05, 0) is 37.5 Å². The summed E-state index contributed by atoms with van der Waals surface area (Å²) in [4.78, 5) is 0. The lowest BCUT2D eigenvalue weighted by Crippen LogP contribution is -2.04. The molecule has 0 amide bonds. The van der Waals surface area contributed by atoms with E-state index >= 15 is 0 Å². The number of aliphatic hydroxyl groups is 1. The number of phenolic OH excluding ortho intramolecular Hbond substituents is 1. The maximum atomic E-state index is 9.87. The zero-order valence-electron chi connectivity index (χ0n) is 8.37. The summed E-state index contributed by atoms with van der Waals surface area (Å²) in [6, 6.07) is 3.41. The molecule has 3 nitrogen and oxygen atoms in total. The van der Waals surface area contributed by atoms with Crippen molar-refractivity contribution >= 4 is 0 Å². The number of hydrogen-bond acceptors (Lipinski definition) is 3. The molecule has 0 heterocycles. The Morgan fingerprint density at radius 1 is 1.36 bits per heavy atom. The van der Waals surface area contributed by atoms with E-state index in [1.807, 2.05) is 0 Å². The molecule has 1 aliphatic rings. The molecule has 0 unspecified atom stereocenters. The Morgan fingerprint density at radius 3 is 2.50 bits per heavy atom. The average Bonchev–Trinajstić information content (AvgIpc) is 2.89. The summed E-state index contributed by atoms with van der Waals surface area (Å²) in [5.41, 5.74) is 0.733. The zero-order chi connectivity index (χ0) is 10.3. The first-order valence-corrected chi connectivity index (χ1v) is 4.67. The van der Waals surface area contributed by atoms with Crippen LogP contribution in [-0.2, 0) is 5.60 Å². The lowest BCUT2D eigenvalue weighted by Gasteiger charge is -2.13. The Balaban J connectivity index is 2.48. The molecular weight excluding hydrogens is 180 g/mol. The molecular formula is C11H14O3. The minimum Gasteiger partial charge on any atom is -0.508 e. The van der Waals surface area contributed by atoms with Crippen molar-refractivity contribution in [1.29, 1.82) is 0 Å². The SMILES string of the molecule is COc1cc(C2(O)CC2)cc(O)c1C. The molecule has 2 rings (SSSR count). The van der Waals surface area contributed by atoms with E-state index in [0.29, 0.717) is 11.3 Å². The predicted octanol–water partition coefficient (Wildman–Crippen LogP) is 1.69. The maximum Gasteiger partial charge on any atom is 0.125 e. The van der Waals surface area contributed by atoms with Crippen molar-refractivity contribution in [2.75, 3.05) is 7.11 Å². The molecule has 1 aliphatic carbocycles. The minimum atomic E-state index is -0.724. The summed E-state index contributed by atoms with van der Waals surface area (Å²) in [7, 11) is 1.56. The molecule has 1 fully saturated rings. The third-order valence-electron chi connectivity index (χ3n) is 2.81. The van der Waals surface area contributed by atoms with Gasteiger partial charge in [0.1, 0.15) is 11.5 Å². The molecule has 1 aromatic carbocycles. The summed E-state index contributed by atoms with van der Waals surface area (Å²) in [5, 5.41) is 19.5. The number of benzene rings is 1. The summed E-state index contributed by atoms with van der Waals surface area (Å²) in [6.45, 7) is 1.79. The Morgan fingerprint density at radius 2 is 2.00 bits per heavy atom. The van der Waals surface area contributed by atoms with Crippen LogP contribution in [0.1, 0.15) is 24.0 Å². The van der Waals surface area contributed by atoms with Crippen LogP contribution in [0.5, 0.6) is 11.5 Å². The number of ether oxygens (including phenoxy) is 1. The van der Waals surface area contributed by atoms with Crippen LogP contribution in [0.2, 0.25) is 0 Å². The van der Waals surface area contributed by atoms with Crippen LogP contribution < -0.4 is 4.74 Å². The summed E-state index contributed by atoms with van der Waals surface area (Å²) in [5.74, 6) is 0.806. The van der Waals surface area contributed by atoms with E-state index in [1.54, 1.807) is 26.2 Å². The highest BCUT2D eigenvalue weighted by atomic mass is 16.5. The minimum absolute atomic E-state index is 0.180. The van der Waals surface area contributed by atoms with Gasteiger partial charge in [-0.25, -0.2) is 0 Å². The van der Waals surface area contributed by atoms with Gasteiger partial charge in [-0.1, -0.05) is 0 Å². The van der Waals surface area contributed by atoms with Crippen molar-refractivity contribution in [2.24, 2.45) is 0 Å². The van der Waals surface area contributed by atoms with Gasteiger partial charge >= 0.3 is 0 Å². The Kier molecular flexibility index (Phi) is 1.93. The van der Waals surface area contributed by atoms with Crippen LogP contribution in [0.25, 0.3) is 0 Å². The van der Waals surface area contributed by atoms with Gasteiger partial charge in [-0.15, -0.1) is 0 Å². The van der Waals surface area contributed by atoms with Crippen molar-refractivity contribution < 1.29 is 14.9 Å². The average molecular weight is 194 g/mol. The van der Waals surface area contributed by atoms with Crippen molar-refractivity contribution in [3.63, 3.8) is 0 Å². The summed E-state index contributed by atoms with van der Waals surface area (Å²) in [6.07, 6.45) is 1.53. The number of aromatic hydroxyl groups is 1.